The van der Waals surface area contributed by atoms with Gasteiger partial charge in [-0.15, -0.1) is 0 Å². The van der Waals surface area contributed by atoms with Gasteiger partial charge in [0.25, 0.3) is 0 Å². The van der Waals surface area contributed by atoms with Crippen LogP contribution in [-0.4, -0.2) is 16.3 Å². The van der Waals surface area contributed by atoms with Gasteiger partial charge < -0.3 is 5.11 Å². The summed E-state index contributed by atoms with van der Waals surface area (Å²) in [4.78, 5) is 11.3. The van der Waals surface area contributed by atoms with Gasteiger partial charge >= 0.3 is 5.97 Å². The van der Waals surface area contributed by atoms with Crippen LogP contribution >= 0.6 is 24.2 Å². The fraction of sp³-hybridized carbons (Fsp3) is 0.133. The lowest BCUT2D eigenvalue weighted by Crippen LogP contribution is -2.23. The second kappa shape index (κ2) is 6.13. The van der Waals surface area contributed by atoms with Gasteiger partial charge in [0.05, 0.1) is 0 Å². The number of carboxylic acids is 1. The Labute approximate surface area is 122 Å². The first-order chi connectivity index (χ1) is 9.09. The van der Waals surface area contributed by atoms with E-state index in [2.05, 4.69) is 12.6 Å². The Morgan fingerprint density at radius 3 is 2.05 bits per heavy atom. The summed E-state index contributed by atoms with van der Waals surface area (Å²) in [5.74, 6) is -1.24. The minimum atomic E-state index is -0.938. The molecule has 0 aliphatic carbocycles. The number of hydrogen-bond acceptors (Lipinski definition) is 2. The van der Waals surface area contributed by atoms with E-state index >= 15 is 0 Å². The second-order valence-corrected chi connectivity index (χ2v) is 5.22. The van der Waals surface area contributed by atoms with Crippen molar-refractivity contribution in [2.45, 2.75) is 11.2 Å². The average Bonchev–Trinajstić information content (AvgIpc) is 2.42. The van der Waals surface area contributed by atoms with Crippen LogP contribution in [0.1, 0.15) is 17.0 Å². The number of thiol groups is 1. The van der Waals surface area contributed by atoms with Crippen LogP contribution in [0.5, 0.6) is 0 Å². The first-order valence-corrected chi connectivity index (χ1v) is 6.70. The molecule has 1 N–H and O–H groups in total. The van der Waals surface area contributed by atoms with Crippen molar-refractivity contribution in [3.05, 3.63) is 70.7 Å². The molecular weight excluding hydrogens is 280 g/mol. The van der Waals surface area contributed by atoms with Crippen molar-refractivity contribution in [3.8, 4) is 0 Å². The van der Waals surface area contributed by atoms with E-state index in [0.29, 0.717) is 5.02 Å². The molecule has 0 amide bonds. The summed E-state index contributed by atoms with van der Waals surface area (Å²) in [5.41, 5.74) is 1.81. The predicted molar refractivity (Wildman–Crippen MR) is 80.1 cm³/mol. The van der Waals surface area contributed by atoms with Gasteiger partial charge in [-0.1, -0.05) is 54.1 Å². The van der Waals surface area contributed by atoms with Crippen LogP contribution < -0.4 is 0 Å². The van der Waals surface area contributed by atoms with Crippen molar-refractivity contribution in [3.63, 3.8) is 0 Å². The van der Waals surface area contributed by atoms with Gasteiger partial charge in [-0.3, -0.25) is 4.79 Å². The van der Waals surface area contributed by atoms with E-state index in [9.17, 15) is 9.90 Å². The highest BCUT2D eigenvalue weighted by Crippen LogP contribution is 2.31. The minimum Gasteiger partial charge on any atom is -0.480 e. The average molecular weight is 293 g/mol. The molecule has 0 heterocycles. The molecule has 2 nitrogen and oxygen atoms in total. The fourth-order valence-corrected chi connectivity index (χ4v) is 2.50. The number of rotatable bonds is 4. The monoisotopic (exact) mass is 292 g/mol. The number of carboxylic acid groups (broad SMARTS) is 1. The summed E-state index contributed by atoms with van der Waals surface area (Å²) in [5, 5.41) is 9.05. The number of benzene rings is 2. The molecule has 0 aliphatic rings. The highest BCUT2D eigenvalue weighted by Gasteiger charge is 2.27. The Morgan fingerprint density at radius 2 is 1.53 bits per heavy atom. The van der Waals surface area contributed by atoms with Crippen molar-refractivity contribution >= 4 is 30.2 Å². The highest BCUT2D eigenvalue weighted by atomic mass is 35.5. The zero-order valence-electron chi connectivity index (χ0n) is 10.0. The molecule has 2 rings (SSSR count). The standard InChI is InChI=1S/C15H13ClO2S/c16-12-8-6-11(7-9-12)13(14(19)15(17)18)10-4-2-1-3-5-10/h1-9,13-14,19H,(H,17,18). The van der Waals surface area contributed by atoms with E-state index < -0.39 is 11.2 Å². The third-order valence-electron chi connectivity index (χ3n) is 2.96. The molecule has 0 bridgehead atoms. The lowest BCUT2D eigenvalue weighted by molar-refractivity contribution is -0.136. The van der Waals surface area contributed by atoms with Crippen LogP contribution in [0.3, 0.4) is 0 Å². The second-order valence-electron chi connectivity index (χ2n) is 4.22. The predicted octanol–water partition coefficient (Wildman–Crippen LogP) is 3.85. The molecule has 4 heteroatoms. The van der Waals surface area contributed by atoms with Crippen molar-refractivity contribution < 1.29 is 9.90 Å². The SMILES string of the molecule is O=C(O)C(S)C(c1ccccc1)c1ccc(Cl)cc1. The molecule has 2 atom stereocenters. The maximum absolute atomic E-state index is 11.3. The largest absolute Gasteiger partial charge is 0.480 e. The summed E-state index contributed by atoms with van der Waals surface area (Å²) >= 11 is 10.1. The molecule has 19 heavy (non-hydrogen) atoms. The normalized spacial score (nSPS) is 13.8. The third kappa shape index (κ3) is 3.31. The van der Waals surface area contributed by atoms with E-state index in [1.165, 1.54) is 0 Å². The van der Waals surface area contributed by atoms with Crippen molar-refractivity contribution in [2.75, 3.05) is 0 Å². The summed E-state index contributed by atoms with van der Waals surface area (Å²) in [6.07, 6.45) is 0. The zero-order valence-corrected chi connectivity index (χ0v) is 11.7. The first kappa shape index (κ1) is 14.0. The Morgan fingerprint density at radius 1 is 1.00 bits per heavy atom. The highest BCUT2D eigenvalue weighted by molar-refractivity contribution is 7.81. The van der Waals surface area contributed by atoms with Crippen molar-refractivity contribution in [2.24, 2.45) is 0 Å². The number of halogens is 1. The van der Waals surface area contributed by atoms with Crippen LogP contribution in [-0.2, 0) is 4.79 Å². The fourth-order valence-electron chi connectivity index (χ4n) is 2.03. The van der Waals surface area contributed by atoms with Crippen LogP contribution in [0.2, 0.25) is 5.02 Å². The minimum absolute atomic E-state index is 0.306. The maximum atomic E-state index is 11.3. The molecule has 2 aromatic rings. The molecule has 0 spiro atoms. The topological polar surface area (TPSA) is 37.3 Å². The Bertz CT molecular complexity index is 554. The molecule has 0 saturated carbocycles. The summed E-state index contributed by atoms with van der Waals surface area (Å²) in [7, 11) is 0. The smallest absolute Gasteiger partial charge is 0.317 e. The molecule has 2 aromatic carbocycles. The molecular formula is C15H13ClO2S. The Kier molecular flexibility index (Phi) is 4.51. The quantitative estimate of drug-likeness (QED) is 0.840. The van der Waals surface area contributed by atoms with Crippen LogP contribution in [0.4, 0.5) is 0 Å². The van der Waals surface area contributed by atoms with Crippen molar-refractivity contribution in [1.29, 1.82) is 0 Å². The van der Waals surface area contributed by atoms with Gasteiger partial charge in [-0.25, -0.2) is 0 Å². The van der Waals surface area contributed by atoms with E-state index in [4.69, 9.17) is 11.6 Å². The summed E-state index contributed by atoms with van der Waals surface area (Å²) in [6.45, 7) is 0. The van der Waals surface area contributed by atoms with Gasteiger partial charge in [0.2, 0.25) is 0 Å². The molecule has 2 unspecified atom stereocenters. The van der Waals surface area contributed by atoms with Crippen LogP contribution in [0.15, 0.2) is 54.6 Å². The Hall–Kier alpha value is -1.45. The maximum Gasteiger partial charge on any atom is 0.317 e. The third-order valence-corrected chi connectivity index (χ3v) is 3.73. The lowest BCUT2D eigenvalue weighted by Gasteiger charge is -2.21. The molecule has 98 valence electrons. The summed E-state index contributed by atoms with van der Waals surface area (Å²) < 4.78 is 0. The van der Waals surface area contributed by atoms with Gasteiger partial charge in [-0.2, -0.15) is 12.6 Å². The van der Waals surface area contributed by atoms with E-state index in [1.807, 2.05) is 42.5 Å². The van der Waals surface area contributed by atoms with Gasteiger partial charge in [0.15, 0.2) is 0 Å². The Balaban J connectivity index is 2.45. The number of carbonyl (C=O) groups is 1. The zero-order chi connectivity index (χ0) is 13.8. The number of aliphatic carboxylic acids is 1. The summed E-state index contributed by atoms with van der Waals surface area (Å²) in [6, 6.07) is 16.7. The molecule has 0 aromatic heterocycles. The van der Waals surface area contributed by atoms with Crippen molar-refractivity contribution in [1.82, 2.24) is 0 Å². The van der Waals surface area contributed by atoms with Crippen LogP contribution in [0.25, 0.3) is 0 Å². The van der Waals surface area contributed by atoms with Gasteiger partial charge in [0.1, 0.15) is 5.25 Å². The van der Waals surface area contributed by atoms with Crippen LogP contribution in [0, 0.1) is 0 Å². The lowest BCUT2D eigenvalue weighted by atomic mass is 9.88. The molecule has 0 radical (unpaired) electrons. The number of hydrogen-bond donors (Lipinski definition) is 2. The van der Waals surface area contributed by atoms with E-state index in [-0.39, 0.29) is 5.92 Å². The molecule has 0 aliphatic heterocycles. The van der Waals surface area contributed by atoms with Gasteiger partial charge in [-0.05, 0) is 23.3 Å². The molecule has 0 saturated heterocycles. The van der Waals surface area contributed by atoms with E-state index in [1.54, 1.807) is 12.1 Å². The van der Waals surface area contributed by atoms with Gasteiger partial charge in [0, 0.05) is 10.9 Å². The molecule has 0 fully saturated rings. The first-order valence-electron chi connectivity index (χ1n) is 5.81. The van der Waals surface area contributed by atoms with E-state index in [0.717, 1.165) is 11.1 Å².